The number of nitrogens with two attached hydrogens (primary N) is 1. The van der Waals surface area contributed by atoms with Crippen LogP contribution in [0.15, 0.2) is 8.96 Å². The van der Waals surface area contributed by atoms with Gasteiger partial charge in [-0.15, -0.1) is 0 Å². The minimum absolute atomic E-state index is 0.252. The van der Waals surface area contributed by atoms with Gasteiger partial charge in [-0.2, -0.15) is 0 Å². The Morgan fingerprint density at radius 1 is 1.17 bits per heavy atom. The number of carbonyl (C=O) groups is 2. The van der Waals surface area contributed by atoms with Crippen molar-refractivity contribution < 1.29 is 9.59 Å². The predicted octanol–water partition coefficient (Wildman–Crippen LogP) is 0.315. The van der Waals surface area contributed by atoms with Crippen LogP contribution in [0.4, 0.5) is 0 Å². The molecule has 2 N–H and O–H groups in total. The zero-order chi connectivity index (χ0) is 9.30. The standard InChI is InChI=1S/C6H6Br2N2O2/c7-3-4(8)6(12)10(2-1-9)5(3)11/h1-2,9H2. The average molecular weight is 298 g/mol. The summed E-state index contributed by atoms with van der Waals surface area (Å²) in [5.74, 6) is -0.672. The highest BCUT2D eigenvalue weighted by molar-refractivity contribution is 9.14. The van der Waals surface area contributed by atoms with E-state index >= 15 is 0 Å². The van der Waals surface area contributed by atoms with Gasteiger partial charge in [-0.05, 0) is 31.9 Å². The summed E-state index contributed by atoms with van der Waals surface area (Å²) >= 11 is 6.00. The number of halogens is 2. The van der Waals surface area contributed by atoms with Crippen LogP contribution in [0.5, 0.6) is 0 Å². The Hall–Kier alpha value is -0.200. The number of rotatable bonds is 2. The minimum Gasteiger partial charge on any atom is -0.329 e. The Bertz CT molecular complexity index is 251. The molecule has 0 saturated carbocycles. The molecule has 0 atom stereocenters. The van der Waals surface area contributed by atoms with E-state index in [0.717, 1.165) is 4.90 Å². The Morgan fingerprint density at radius 2 is 1.58 bits per heavy atom. The van der Waals surface area contributed by atoms with Crippen LogP contribution in [0.1, 0.15) is 0 Å². The van der Waals surface area contributed by atoms with Crippen molar-refractivity contribution in [1.82, 2.24) is 4.90 Å². The van der Waals surface area contributed by atoms with Gasteiger partial charge in [0.05, 0.1) is 0 Å². The summed E-state index contributed by atoms with van der Waals surface area (Å²) in [7, 11) is 0. The van der Waals surface area contributed by atoms with E-state index in [1.165, 1.54) is 0 Å². The highest BCUT2D eigenvalue weighted by Crippen LogP contribution is 2.28. The van der Waals surface area contributed by atoms with E-state index in [1.54, 1.807) is 0 Å². The van der Waals surface area contributed by atoms with Crippen molar-refractivity contribution in [3.8, 4) is 0 Å². The van der Waals surface area contributed by atoms with E-state index < -0.39 is 0 Å². The van der Waals surface area contributed by atoms with Crippen LogP contribution in [-0.4, -0.2) is 29.8 Å². The highest BCUT2D eigenvalue weighted by atomic mass is 79.9. The summed E-state index contributed by atoms with van der Waals surface area (Å²) in [6.45, 7) is 0.528. The normalized spacial score (nSPS) is 18.1. The third-order valence-corrected chi connectivity index (χ3v) is 3.41. The molecule has 0 bridgehead atoms. The molecular formula is C6H6Br2N2O2. The van der Waals surface area contributed by atoms with Gasteiger partial charge < -0.3 is 5.73 Å². The fourth-order valence-corrected chi connectivity index (χ4v) is 1.62. The number of nitrogens with zero attached hydrogens (tertiary/aromatic N) is 1. The van der Waals surface area contributed by atoms with Gasteiger partial charge in [0.1, 0.15) is 8.96 Å². The van der Waals surface area contributed by atoms with Crippen LogP contribution >= 0.6 is 31.9 Å². The molecule has 0 aromatic rings. The predicted molar refractivity (Wildman–Crippen MR) is 50.7 cm³/mol. The number of imide groups is 1. The smallest absolute Gasteiger partial charge is 0.269 e. The lowest BCUT2D eigenvalue weighted by molar-refractivity contribution is -0.136. The third kappa shape index (κ3) is 1.46. The molecular weight excluding hydrogens is 292 g/mol. The first kappa shape index (κ1) is 9.88. The molecule has 1 heterocycles. The molecule has 0 aromatic carbocycles. The van der Waals surface area contributed by atoms with Gasteiger partial charge in [-0.3, -0.25) is 14.5 Å². The minimum atomic E-state index is -0.336. The molecule has 4 nitrogen and oxygen atoms in total. The van der Waals surface area contributed by atoms with Gasteiger partial charge in [0.15, 0.2) is 0 Å². The molecule has 66 valence electrons. The second-order valence-electron chi connectivity index (χ2n) is 2.18. The lowest BCUT2D eigenvalue weighted by atomic mass is 10.5. The maximum absolute atomic E-state index is 11.2. The van der Waals surface area contributed by atoms with E-state index in [-0.39, 0.29) is 33.9 Å². The number of amides is 2. The average Bonchev–Trinajstić information content (AvgIpc) is 2.23. The van der Waals surface area contributed by atoms with Crippen molar-refractivity contribution in [2.45, 2.75) is 0 Å². The van der Waals surface area contributed by atoms with E-state index in [2.05, 4.69) is 31.9 Å². The topological polar surface area (TPSA) is 63.4 Å². The lowest BCUT2D eigenvalue weighted by Gasteiger charge is -2.11. The first-order chi connectivity index (χ1) is 5.59. The Kier molecular flexibility index (Phi) is 3.03. The number of carbonyl (C=O) groups excluding carboxylic acids is 2. The molecule has 0 fully saturated rings. The van der Waals surface area contributed by atoms with E-state index in [9.17, 15) is 9.59 Å². The second-order valence-corrected chi connectivity index (χ2v) is 3.76. The van der Waals surface area contributed by atoms with E-state index in [1.807, 2.05) is 0 Å². The maximum atomic E-state index is 11.2. The van der Waals surface area contributed by atoms with Gasteiger partial charge in [0.2, 0.25) is 0 Å². The molecule has 0 aliphatic carbocycles. The molecule has 0 saturated heterocycles. The van der Waals surface area contributed by atoms with Crippen LogP contribution in [0.25, 0.3) is 0 Å². The van der Waals surface area contributed by atoms with Gasteiger partial charge >= 0.3 is 0 Å². The van der Waals surface area contributed by atoms with Gasteiger partial charge in [0, 0.05) is 13.1 Å². The SMILES string of the molecule is NCCN1C(=O)C(Br)=C(Br)C1=O. The first-order valence-corrected chi connectivity index (χ1v) is 4.79. The molecule has 0 unspecified atom stereocenters. The monoisotopic (exact) mass is 296 g/mol. The largest absolute Gasteiger partial charge is 0.329 e. The van der Waals surface area contributed by atoms with Gasteiger partial charge in [-0.25, -0.2) is 0 Å². The molecule has 0 radical (unpaired) electrons. The molecule has 0 aromatic heterocycles. The Balaban J connectivity index is 2.88. The highest BCUT2D eigenvalue weighted by Gasteiger charge is 2.34. The van der Waals surface area contributed by atoms with E-state index in [0.29, 0.717) is 0 Å². The molecule has 6 heteroatoms. The molecule has 0 spiro atoms. The van der Waals surface area contributed by atoms with Gasteiger partial charge in [0.25, 0.3) is 11.8 Å². The molecule has 1 aliphatic rings. The fourth-order valence-electron chi connectivity index (χ4n) is 0.849. The summed E-state index contributed by atoms with van der Waals surface area (Å²) in [4.78, 5) is 23.6. The fraction of sp³-hybridized carbons (Fsp3) is 0.333. The third-order valence-electron chi connectivity index (χ3n) is 1.41. The molecule has 1 rings (SSSR count). The summed E-state index contributed by atoms with van der Waals surface area (Å²) in [5.41, 5.74) is 5.23. The summed E-state index contributed by atoms with van der Waals surface area (Å²) in [5, 5.41) is 0. The Labute approximate surface area is 86.0 Å². The first-order valence-electron chi connectivity index (χ1n) is 3.21. The van der Waals surface area contributed by atoms with Gasteiger partial charge in [-0.1, -0.05) is 0 Å². The van der Waals surface area contributed by atoms with Crippen LogP contribution in [0.3, 0.4) is 0 Å². The lowest BCUT2D eigenvalue weighted by Crippen LogP contribution is -2.35. The van der Waals surface area contributed by atoms with Crippen molar-refractivity contribution in [2.24, 2.45) is 5.73 Å². The zero-order valence-corrected chi connectivity index (χ0v) is 9.18. The number of hydrogen-bond donors (Lipinski definition) is 1. The van der Waals surface area contributed by atoms with Crippen LogP contribution in [-0.2, 0) is 9.59 Å². The zero-order valence-electron chi connectivity index (χ0n) is 6.01. The van der Waals surface area contributed by atoms with Crippen molar-refractivity contribution in [3.05, 3.63) is 8.96 Å². The maximum Gasteiger partial charge on any atom is 0.269 e. The van der Waals surface area contributed by atoms with Crippen molar-refractivity contribution >= 4 is 43.7 Å². The molecule has 12 heavy (non-hydrogen) atoms. The summed E-state index contributed by atoms with van der Waals surface area (Å²) < 4.78 is 0.530. The summed E-state index contributed by atoms with van der Waals surface area (Å²) in [6, 6.07) is 0. The van der Waals surface area contributed by atoms with Crippen LogP contribution < -0.4 is 5.73 Å². The number of hydrogen-bond acceptors (Lipinski definition) is 3. The second kappa shape index (κ2) is 3.68. The molecule has 2 amide bonds. The summed E-state index contributed by atoms with van der Waals surface area (Å²) in [6.07, 6.45) is 0. The van der Waals surface area contributed by atoms with Crippen LogP contribution in [0.2, 0.25) is 0 Å². The van der Waals surface area contributed by atoms with Crippen LogP contribution in [0, 0.1) is 0 Å². The van der Waals surface area contributed by atoms with Crippen molar-refractivity contribution in [1.29, 1.82) is 0 Å². The van der Waals surface area contributed by atoms with E-state index in [4.69, 9.17) is 5.73 Å². The van der Waals surface area contributed by atoms with Crippen molar-refractivity contribution in [3.63, 3.8) is 0 Å². The Morgan fingerprint density at radius 3 is 1.92 bits per heavy atom. The van der Waals surface area contributed by atoms with Crippen molar-refractivity contribution in [2.75, 3.05) is 13.1 Å². The molecule has 1 aliphatic heterocycles. The quantitative estimate of drug-likeness (QED) is 0.747.